The van der Waals surface area contributed by atoms with E-state index in [0.29, 0.717) is 17.5 Å². The summed E-state index contributed by atoms with van der Waals surface area (Å²) in [6.07, 6.45) is 2.20. The van der Waals surface area contributed by atoms with Crippen LogP contribution in [-0.2, 0) is 6.42 Å². The van der Waals surface area contributed by atoms with Gasteiger partial charge in [-0.2, -0.15) is 5.10 Å². The third-order valence-corrected chi connectivity index (χ3v) is 4.58. The van der Waals surface area contributed by atoms with E-state index in [1.807, 2.05) is 37.3 Å². The van der Waals surface area contributed by atoms with Crippen LogP contribution in [0, 0.1) is 12.7 Å². The average Bonchev–Trinajstić information content (AvgIpc) is 3.17. The first-order valence-electron chi connectivity index (χ1n) is 9.46. The molecule has 1 aromatic heterocycles. The lowest BCUT2D eigenvalue weighted by molar-refractivity contribution is 0.0927. The maximum atomic E-state index is 13.6. The van der Waals surface area contributed by atoms with Crippen LogP contribution in [0.1, 0.15) is 38.9 Å². The molecule has 7 heteroatoms. The molecule has 0 aliphatic heterocycles. The number of amides is 2. The van der Waals surface area contributed by atoms with Crippen molar-refractivity contribution < 1.29 is 14.0 Å². The molecule has 2 aromatic carbocycles. The fraction of sp³-hybridized carbons (Fsp3) is 0.227. The molecule has 0 atom stereocenters. The molecule has 0 aliphatic carbocycles. The Bertz CT molecular complexity index is 1010. The highest BCUT2D eigenvalue weighted by Crippen LogP contribution is 2.15. The van der Waals surface area contributed by atoms with Gasteiger partial charge in [0.05, 0.1) is 23.1 Å². The fourth-order valence-electron chi connectivity index (χ4n) is 2.98. The van der Waals surface area contributed by atoms with Gasteiger partial charge in [-0.25, -0.2) is 9.07 Å². The van der Waals surface area contributed by atoms with Gasteiger partial charge in [0.2, 0.25) is 0 Å². The number of carbonyl (C=O) groups is 2. The van der Waals surface area contributed by atoms with Crippen LogP contribution >= 0.6 is 0 Å². The molecule has 0 aliphatic rings. The van der Waals surface area contributed by atoms with Crippen LogP contribution < -0.4 is 10.6 Å². The maximum Gasteiger partial charge on any atom is 0.254 e. The molecule has 0 saturated heterocycles. The van der Waals surface area contributed by atoms with Crippen LogP contribution in [0.15, 0.2) is 54.7 Å². The first-order valence-corrected chi connectivity index (χ1v) is 9.46. The van der Waals surface area contributed by atoms with E-state index in [-0.39, 0.29) is 30.5 Å². The van der Waals surface area contributed by atoms with E-state index < -0.39 is 5.82 Å². The van der Waals surface area contributed by atoms with Gasteiger partial charge in [0.25, 0.3) is 11.8 Å². The molecule has 2 N–H and O–H groups in total. The molecule has 0 bridgehead atoms. The van der Waals surface area contributed by atoms with Gasteiger partial charge in [0.15, 0.2) is 0 Å². The van der Waals surface area contributed by atoms with Crippen molar-refractivity contribution in [1.82, 2.24) is 20.4 Å². The predicted molar refractivity (Wildman–Crippen MR) is 109 cm³/mol. The van der Waals surface area contributed by atoms with Crippen molar-refractivity contribution in [2.75, 3.05) is 13.1 Å². The SMILES string of the molecule is CCc1c(C(=O)NCCNC(=O)c2ccc(C)c(F)c2)cnn1-c1ccccc1. The monoisotopic (exact) mass is 394 g/mol. The minimum absolute atomic E-state index is 0.231. The Morgan fingerprint density at radius 1 is 1.03 bits per heavy atom. The first-order chi connectivity index (χ1) is 14.0. The summed E-state index contributed by atoms with van der Waals surface area (Å²) in [5.41, 5.74) is 2.94. The Morgan fingerprint density at radius 2 is 1.72 bits per heavy atom. The number of hydrogen-bond donors (Lipinski definition) is 2. The molecular formula is C22H23FN4O2. The van der Waals surface area contributed by atoms with E-state index in [1.54, 1.807) is 29.9 Å². The number of nitrogens with zero attached hydrogens (tertiary/aromatic N) is 2. The molecule has 6 nitrogen and oxygen atoms in total. The van der Waals surface area contributed by atoms with Crippen molar-refractivity contribution in [3.63, 3.8) is 0 Å². The third-order valence-electron chi connectivity index (χ3n) is 4.58. The predicted octanol–water partition coefficient (Wildman–Crippen LogP) is 3.04. The molecule has 3 rings (SSSR count). The number of halogens is 1. The van der Waals surface area contributed by atoms with Gasteiger partial charge in [-0.3, -0.25) is 9.59 Å². The van der Waals surface area contributed by atoms with Gasteiger partial charge in [-0.05, 0) is 43.2 Å². The van der Waals surface area contributed by atoms with Crippen molar-refractivity contribution >= 4 is 11.8 Å². The lowest BCUT2D eigenvalue weighted by Gasteiger charge is -2.09. The quantitative estimate of drug-likeness (QED) is 0.605. The molecule has 1 heterocycles. The highest BCUT2D eigenvalue weighted by atomic mass is 19.1. The molecule has 3 aromatic rings. The van der Waals surface area contributed by atoms with Gasteiger partial charge in [-0.15, -0.1) is 0 Å². The summed E-state index contributed by atoms with van der Waals surface area (Å²) in [5.74, 6) is -1.06. The van der Waals surface area contributed by atoms with Crippen LogP contribution in [0.3, 0.4) is 0 Å². The number of hydrogen-bond acceptors (Lipinski definition) is 3. The minimum atomic E-state index is -0.423. The zero-order valence-electron chi connectivity index (χ0n) is 16.4. The Labute approximate surface area is 168 Å². The summed E-state index contributed by atoms with van der Waals surface area (Å²) in [7, 11) is 0. The van der Waals surface area contributed by atoms with Crippen molar-refractivity contribution in [2.45, 2.75) is 20.3 Å². The first kappa shape index (κ1) is 20.3. The van der Waals surface area contributed by atoms with Gasteiger partial charge in [-0.1, -0.05) is 31.2 Å². The van der Waals surface area contributed by atoms with Gasteiger partial charge >= 0.3 is 0 Å². The molecule has 2 amide bonds. The second kappa shape index (κ2) is 9.14. The average molecular weight is 394 g/mol. The smallest absolute Gasteiger partial charge is 0.254 e. The van der Waals surface area contributed by atoms with Gasteiger partial charge < -0.3 is 10.6 Å². The van der Waals surface area contributed by atoms with Crippen LogP contribution in [0.4, 0.5) is 4.39 Å². The lowest BCUT2D eigenvalue weighted by atomic mass is 10.1. The number of aromatic nitrogens is 2. The standard InChI is InChI=1S/C22H23FN4O2/c1-3-20-18(14-26-27(20)17-7-5-4-6-8-17)22(29)25-12-11-24-21(28)16-10-9-15(2)19(23)13-16/h4-10,13-14H,3,11-12H2,1-2H3,(H,24,28)(H,25,29). The number of nitrogens with one attached hydrogen (secondary N) is 2. The normalized spacial score (nSPS) is 10.6. The number of carbonyl (C=O) groups excluding carboxylic acids is 2. The van der Waals surface area contributed by atoms with Crippen molar-refractivity contribution in [3.05, 3.63) is 82.9 Å². The Kier molecular flexibility index (Phi) is 6.39. The maximum absolute atomic E-state index is 13.6. The van der Waals surface area contributed by atoms with E-state index >= 15 is 0 Å². The summed E-state index contributed by atoms with van der Waals surface area (Å²) >= 11 is 0. The Hall–Kier alpha value is -3.48. The number of aryl methyl sites for hydroxylation is 1. The highest BCUT2D eigenvalue weighted by molar-refractivity contribution is 5.96. The van der Waals surface area contributed by atoms with Crippen LogP contribution in [-0.4, -0.2) is 34.7 Å². The Balaban J connectivity index is 1.56. The van der Waals surface area contributed by atoms with Crippen molar-refractivity contribution in [2.24, 2.45) is 0 Å². The zero-order chi connectivity index (χ0) is 20.8. The van der Waals surface area contributed by atoms with E-state index in [1.165, 1.54) is 6.07 Å². The summed E-state index contributed by atoms with van der Waals surface area (Å²) in [4.78, 5) is 24.6. The molecule has 0 radical (unpaired) electrons. The molecule has 29 heavy (non-hydrogen) atoms. The topological polar surface area (TPSA) is 76.0 Å². The molecule has 150 valence electrons. The van der Waals surface area contributed by atoms with Crippen LogP contribution in [0.2, 0.25) is 0 Å². The largest absolute Gasteiger partial charge is 0.350 e. The highest BCUT2D eigenvalue weighted by Gasteiger charge is 2.17. The van der Waals surface area contributed by atoms with Crippen LogP contribution in [0.25, 0.3) is 5.69 Å². The fourth-order valence-corrected chi connectivity index (χ4v) is 2.98. The number of para-hydroxylation sites is 1. The minimum Gasteiger partial charge on any atom is -0.350 e. The lowest BCUT2D eigenvalue weighted by Crippen LogP contribution is -2.35. The number of rotatable bonds is 7. The van der Waals surface area contributed by atoms with Crippen molar-refractivity contribution in [3.8, 4) is 5.69 Å². The van der Waals surface area contributed by atoms with E-state index in [4.69, 9.17) is 0 Å². The molecule has 0 unspecified atom stereocenters. The molecule has 0 saturated carbocycles. The van der Waals surface area contributed by atoms with E-state index in [9.17, 15) is 14.0 Å². The second-order valence-corrected chi connectivity index (χ2v) is 6.58. The summed E-state index contributed by atoms with van der Waals surface area (Å²) in [5, 5.41) is 9.80. The summed E-state index contributed by atoms with van der Waals surface area (Å²) in [6, 6.07) is 13.9. The zero-order valence-corrected chi connectivity index (χ0v) is 16.4. The van der Waals surface area contributed by atoms with Crippen LogP contribution in [0.5, 0.6) is 0 Å². The Morgan fingerprint density at radius 3 is 2.38 bits per heavy atom. The molecular weight excluding hydrogens is 371 g/mol. The molecule has 0 fully saturated rings. The van der Waals surface area contributed by atoms with Gasteiger partial charge in [0.1, 0.15) is 5.82 Å². The second-order valence-electron chi connectivity index (χ2n) is 6.58. The van der Waals surface area contributed by atoms with E-state index in [2.05, 4.69) is 15.7 Å². The van der Waals surface area contributed by atoms with Crippen molar-refractivity contribution in [1.29, 1.82) is 0 Å². The third kappa shape index (κ3) is 4.68. The molecule has 0 spiro atoms. The summed E-state index contributed by atoms with van der Waals surface area (Å²) in [6.45, 7) is 4.08. The number of benzene rings is 2. The summed E-state index contributed by atoms with van der Waals surface area (Å²) < 4.78 is 15.3. The van der Waals surface area contributed by atoms with Gasteiger partial charge in [0, 0.05) is 18.7 Å². The van der Waals surface area contributed by atoms with E-state index in [0.717, 1.165) is 11.4 Å².